The van der Waals surface area contributed by atoms with Crippen LogP contribution in [0.15, 0.2) is 19.9 Å². The van der Waals surface area contributed by atoms with Gasteiger partial charge in [0.2, 0.25) is 5.89 Å². The van der Waals surface area contributed by atoms with Gasteiger partial charge in [0, 0.05) is 33.2 Å². The highest BCUT2D eigenvalue weighted by Crippen LogP contribution is 2.23. The molecular formula is C15H20BrN5O2. The van der Waals surface area contributed by atoms with Crippen molar-refractivity contribution in [2.24, 2.45) is 7.05 Å². The van der Waals surface area contributed by atoms with Crippen molar-refractivity contribution in [3.63, 3.8) is 0 Å². The van der Waals surface area contributed by atoms with Crippen LogP contribution < -0.4 is 10.5 Å². The van der Waals surface area contributed by atoms with Crippen molar-refractivity contribution in [2.75, 3.05) is 31.1 Å². The number of nitrogens with zero attached hydrogens (tertiary/aromatic N) is 5. The molecule has 124 valence electrons. The summed E-state index contributed by atoms with van der Waals surface area (Å²) in [6.07, 6.45) is 1.74. The summed E-state index contributed by atoms with van der Waals surface area (Å²) in [5.41, 5.74) is 1.69. The van der Waals surface area contributed by atoms with Crippen LogP contribution in [-0.4, -0.2) is 45.8 Å². The van der Waals surface area contributed by atoms with Gasteiger partial charge in [-0.1, -0.05) is 0 Å². The molecule has 0 N–H and O–H groups in total. The van der Waals surface area contributed by atoms with E-state index in [2.05, 4.69) is 35.8 Å². The first-order chi connectivity index (χ1) is 11.0. The molecule has 2 aromatic heterocycles. The van der Waals surface area contributed by atoms with Crippen LogP contribution in [0, 0.1) is 13.8 Å². The smallest absolute Gasteiger partial charge is 0.282 e. The number of aromatic nitrogens is 3. The van der Waals surface area contributed by atoms with Crippen LogP contribution in [0.25, 0.3) is 0 Å². The number of oxazole rings is 1. The molecule has 0 spiro atoms. The van der Waals surface area contributed by atoms with Crippen LogP contribution in [0.1, 0.15) is 17.3 Å². The highest BCUT2D eigenvalue weighted by atomic mass is 79.9. The van der Waals surface area contributed by atoms with Gasteiger partial charge in [-0.25, -0.2) is 9.67 Å². The van der Waals surface area contributed by atoms with Crippen molar-refractivity contribution in [3.05, 3.63) is 38.4 Å². The second-order valence-corrected chi connectivity index (χ2v) is 6.58. The summed E-state index contributed by atoms with van der Waals surface area (Å²) in [6.45, 7) is 8.08. The Hall–Kier alpha value is -1.67. The van der Waals surface area contributed by atoms with Gasteiger partial charge in [0.1, 0.15) is 10.2 Å². The van der Waals surface area contributed by atoms with E-state index < -0.39 is 0 Å². The van der Waals surface area contributed by atoms with E-state index in [1.165, 1.54) is 4.68 Å². The summed E-state index contributed by atoms with van der Waals surface area (Å²) < 4.78 is 7.55. The lowest BCUT2D eigenvalue weighted by Crippen LogP contribution is -2.46. The quantitative estimate of drug-likeness (QED) is 0.801. The van der Waals surface area contributed by atoms with Gasteiger partial charge in [0.15, 0.2) is 0 Å². The normalized spacial score (nSPS) is 16.1. The first kappa shape index (κ1) is 16.2. The molecule has 8 heteroatoms. The van der Waals surface area contributed by atoms with Gasteiger partial charge >= 0.3 is 0 Å². The van der Waals surface area contributed by atoms with Crippen LogP contribution in [0.5, 0.6) is 0 Å². The molecule has 0 saturated carbocycles. The van der Waals surface area contributed by atoms with E-state index in [4.69, 9.17) is 4.42 Å². The second kappa shape index (κ2) is 6.45. The Balaban J connectivity index is 1.64. The number of hydrogen-bond donors (Lipinski definition) is 0. The van der Waals surface area contributed by atoms with Gasteiger partial charge in [0.25, 0.3) is 5.56 Å². The molecule has 3 rings (SSSR count). The minimum atomic E-state index is -0.115. The third kappa shape index (κ3) is 3.32. The van der Waals surface area contributed by atoms with Crippen molar-refractivity contribution >= 4 is 21.6 Å². The van der Waals surface area contributed by atoms with E-state index in [-0.39, 0.29) is 5.56 Å². The van der Waals surface area contributed by atoms with E-state index in [9.17, 15) is 4.79 Å². The Morgan fingerprint density at radius 3 is 2.57 bits per heavy atom. The lowest BCUT2D eigenvalue weighted by Gasteiger charge is -2.35. The van der Waals surface area contributed by atoms with Gasteiger partial charge < -0.3 is 9.32 Å². The number of piperazine rings is 1. The SMILES string of the molecule is Cc1nc(CN2CCN(c3cnn(C)c(=O)c3Br)CC2)oc1C. The number of anilines is 1. The standard InChI is InChI=1S/C15H20BrN5O2/c1-10-11(2)23-13(18-10)9-20-4-6-21(7-5-20)12-8-17-19(3)15(22)14(12)16/h8H,4-7,9H2,1-3H3. The molecule has 0 aromatic carbocycles. The summed E-state index contributed by atoms with van der Waals surface area (Å²) in [5, 5.41) is 4.11. The Labute approximate surface area is 143 Å². The summed E-state index contributed by atoms with van der Waals surface area (Å²) in [7, 11) is 1.65. The van der Waals surface area contributed by atoms with Gasteiger partial charge in [-0.15, -0.1) is 0 Å². The molecule has 2 aromatic rings. The van der Waals surface area contributed by atoms with E-state index >= 15 is 0 Å². The van der Waals surface area contributed by atoms with E-state index in [1.54, 1.807) is 13.2 Å². The monoisotopic (exact) mass is 381 g/mol. The Morgan fingerprint density at radius 1 is 1.26 bits per heavy atom. The minimum Gasteiger partial charge on any atom is -0.444 e. The summed E-state index contributed by atoms with van der Waals surface area (Å²) in [6, 6.07) is 0. The van der Waals surface area contributed by atoms with Crippen molar-refractivity contribution < 1.29 is 4.42 Å². The maximum atomic E-state index is 12.0. The lowest BCUT2D eigenvalue weighted by molar-refractivity contribution is 0.224. The minimum absolute atomic E-state index is 0.115. The van der Waals surface area contributed by atoms with E-state index in [0.717, 1.165) is 55.8 Å². The third-order valence-electron chi connectivity index (χ3n) is 4.20. The predicted octanol–water partition coefficient (Wildman–Crippen LogP) is 1.47. The number of aryl methyl sites for hydroxylation is 3. The fourth-order valence-electron chi connectivity index (χ4n) is 2.67. The largest absolute Gasteiger partial charge is 0.444 e. The second-order valence-electron chi connectivity index (χ2n) is 5.78. The zero-order valence-corrected chi connectivity index (χ0v) is 15.1. The highest BCUT2D eigenvalue weighted by molar-refractivity contribution is 9.10. The van der Waals surface area contributed by atoms with Gasteiger partial charge in [-0.2, -0.15) is 5.10 Å². The Kier molecular flexibility index (Phi) is 4.54. The number of halogens is 1. The fraction of sp³-hybridized carbons (Fsp3) is 0.533. The maximum absolute atomic E-state index is 12.0. The third-order valence-corrected chi connectivity index (χ3v) is 4.95. The van der Waals surface area contributed by atoms with Gasteiger partial charge in [-0.3, -0.25) is 9.69 Å². The van der Waals surface area contributed by atoms with Crippen LogP contribution in [-0.2, 0) is 13.6 Å². The average Bonchev–Trinajstić information content (AvgIpc) is 2.84. The lowest BCUT2D eigenvalue weighted by atomic mass is 10.3. The Bertz CT molecular complexity index is 742. The molecule has 1 fully saturated rings. The van der Waals surface area contributed by atoms with Crippen LogP contribution in [0.3, 0.4) is 0 Å². The molecule has 0 unspecified atom stereocenters. The van der Waals surface area contributed by atoms with Crippen molar-refractivity contribution in [1.82, 2.24) is 19.7 Å². The molecule has 3 heterocycles. The number of hydrogen-bond acceptors (Lipinski definition) is 6. The van der Waals surface area contributed by atoms with Crippen molar-refractivity contribution in [3.8, 4) is 0 Å². The summed E-state index contributed by atoms with van der Waals surface area (Å²) in [4.78, 5) is 20.9. The van der Waals surface area contributed by atoms with Gasteiger partial charge in [0.05, 0.1) is 24.1 Å². The number of rotatable bonds is 3. The van der Waals surface area contributed by atoms with Crippen LogP contribution in [0.4, 0.5) is 5.69 Å². The molecule has 0 amide bonds. The molecule has 0 bridgehead atoms. The molecule has 0 radical (unpaired) electrons. The van der Waals surface area contributed by atoms with E-state index in [0.29, 0.717) is 4.47 Å². The molecule has 1 aliphatic heterocycles. The Morgan fingerprint density at radius 2 is 1.96 bits per heavy atom. The molecule has 0 aliphatic carbocycles. The molecule has 1 aliphatic rings. The van der Waals surface area contributed by atoms with Gasteiger partial charge in [-0.05, 0) is 29.8 Å². The summed E-state index contributed by atoms with van der Waals surface area (Å²) >= 11 is 3.39. The van der Waals surface area contributed by atoms with Crippen molar-refractivity contribution in [2.45, 2.75) is 20.4 Å². The van der Waals surface area contributed by atoms with E-state index in [1.807, 2.05) is 13.8 Å². The molecular weight excluding hydrogens is 362 g/mol. The first-order valence-corrected chi connectivity index (χ1v) is 8.37. The fourth-order valence-corrected chi connectivity index (χ4v) is 3.28. The first-order valence-electron chi connectivity index (χ1n) is 7.57. The zero-order valence-electron chi connectivity index (χ0n) is 13.5. The maximum Gasteiger partial charge on any atom is 0.282 e. The molecule has 1 saturated heterocycles. The highest BCUT2D eigenvalue weighted by Gasteiger charge is 2.22. The molecule has 7 nitrogen and oxygen atoms in total. The van der Waals surface area contributed by atoms with Crippen LogP contribution in [0.2, 0.25) is 0 Å². The molecule has 0 atom stereocenters. The summed E-state index contributed by atoms with van der Waals surface area (Å²) in [5.74, 6) is 1.65. The van der Waals surface area contributed by atoms with Crippen molar-refractivity contribution in [1.29, 1.82) is 0 Å². The van der Waals surface area contributed by atoms with Crippen LogP contribution >= 0.6 is 15.9 Å². The molecule has 23 heavy (non-hydrogen) atoms. The predicted molar refractivity (Wildman–Crippen MR) is 90.6 cm³/mol. The zero-order chi connectivity index (χ0) is 16.6. The topological polar surface area (TPSA) is 67.4 Å². The average molecular weight is 382 g/mol.